The summed E-state index contributed by atoms with van der Waals surface area (Å²) in [7, 11) is -2.02. The van der Waals surface area contributed by atoms with Gasteiger partial charge in [0, 0.05) is 18.4 Å². The fourth-order valence-electron chi connectivity index (χ4n) is 4.93. The van der Waals surface area contributed by atoms with Crippen LogP contribution in [-0.4, -0.2) is 32.0 Å². The average molecular weight is 567 g/mol. The zero-order valence-electron chi connectivity index (χ0n) is 24.2. The molecular formula is C33H36N3O4Si+. The van der Waals surface area contributed by atoms with Crippen LogP contribution >= 0.6 is 0 Å². The van der Waals surface area contributed by atoms with E-state index < -0.39 is 14.4 Å². The Labute approximate surface area is 242 Å². The standard InChI is InChI=1S/C33H35N3O4Si/c1-33(2,3)41(4,5)40-25-13-9-12-24(19-25)28-20-36-31(26(34-28)16-22-10-7-6-8-11-22)35-27(32(36)37)17-23-14-15-29-30(18-23)39-21-38-29/h6-15,18-20,27H,16-17,21H2,1-5H3/p+1. The molecule has 0 aliphatic carbocycles. The zero-order chi connectivity index (χ0) is 28.8. The van der Waals surface area contributed by atoms with Crippen LogP contribution in [0.4, 0.5) is 5.82 Å². The number of aromatic nitrogens is 2. The van der Waals surface area contributed by atoms with Crippen LogP contribution in [0.3, 0.4) is 0 Å². The minimum Gasteiger partial charge on any atom is -0.543 e. The van der Waals surface area contributed by atoms with Crippen LogP contribution < -0.4 is 23.8 Å². The summed E-state index contributed by atoms with van der Waals surface area (Å²) < 4.78 is 19.3. The van der Waals surface area contributed by atoms with Gasteiger partial charge >= 0.3 is 11.7 Å². The SMILES string of the molecule is CC(C)(C)[Si](C)(C)Oc1cccc(-c2c[n+]3c(c(Cc4ccccc4)n2)NC(Cc2ccc4c(c2)OCO4)C3=O)c1. The van der Waals surface area contributed by atoms with E-state index in [0.29, 0.717) is 18.6 Å². The maximum atomic E-state index is 13.8. The molecule has 3 aromatic carbocycles. The molecule has 0 bridgehead atoms. The van der Waals surface area contributed by atoms with Crippen molar-refractivity contribution in [3.8, 4) is 28.5 Å². The van der Waals surface area contributed by atoms with E-state index in [2.05, 4.69) is 51.3 Å². The molecule has 1 atom stereocenters. The summed E-state index contributed by atoms with van der Waals surface area (Å²) in [5.41, 5.74) is 4.60. The van der Waals surface area contributed by atoms with Crippen molar-refractivity contribution in [1.82, 2.24) is 4.98 Å². The molecule has 1 unspecified atom stereocenters. The molecule has 8 heteroatoms. The fourth-order valence-corrected chi connectivity index (χ4v) is 5.96. The molecule has 2 aliphatic rings. The highest BCUT2D eigenvalue weighted by Crippen LogP contribution is 2.38. The molecule has 0 saturated carbocycles. The van der Waals surface area contributed by atoms with E-state index in [4.69, 9.17) is 18.9 Å². The van der Waals surface area contributed by atoms with E-state index in [1.165, 1.54) is 0 Å². The van der Waals surface area contributed by atoms with E-state index in [0.717, 1.165) is 45.4 Å². The van der Waals surface area contributed by atoms with Crippen LogP contribution in [0.2, 0.25) is 18.1 Å². The van der Waals surface area contributed by atoms with Crippen LogP contribution in [0.1, 0.15) is 42.4 Å². The van der Waals surface area contributed by atoms with E-state index in [1.54, 1.807) is 4.57 Å². The van der Waals surface area contributed by atoms with Crippen LogP contribution in [0.15, 0.2) is 79.0 Å². The number of hydrogen-bond donors (Lipinski definition) is 1. The van der Waals surface area contributed by atoms with Crippen molar-refractivity contribution < 1.29 is 23.3 Å². The average Bonchev–Trinajstić information content (AvgIpc) is 3.53. The molecule has 2 aliphatic heterocycles. The molecule has 0 radical (unpaired) electrons. The van der Waals surface area contributed by atoms with Gasteiger partial charge in [-0.1, -0.05) is 69.3 Å². The van der Waals surface area contributed by atoms with Crippen molar-refractivity contribution in [2.24, 2.45) is 0 Å². The number of rotatable bonds is 7. The second-order valence-corrected chi connectivity index (χ2v) is 17.0. The number of ether oxygens (including phenoxy) is 2. The second kappa shape index (κ2) is 10.3. The van der Waals surface area contributed by atoms with Gasteiger partial charge in [-0.15, -0.1) is 0 Å². The Morgan fingerprint density at radius 2 is 1.76 bits per heavy atom. The van der Waals surface area contributed by atoms with Gasteiger partial charge in [0.05, 0.1) is 0 Å². The largest absolute Gasteiger partial charge is 0.543 e. The fraction of sp³-hybridized carbons (Fsp3) is 0.303. The lowest BCUT2D eigenvalue weighted by Crippen LogP contribution is -2.44. The molecule has 0 fully saturated rings. The number of fused-ring (bicyclic) bond motifs is 2. The van der Waals surface area contributed by atoms with Crippen LogP contribution in [0.5, 0.6) is 17.2 Å². The van der Waals surface area contributed by atoms with Crippen LogP contribution in [-0.2, 0) is 12.8 Å². The van der Waals surface area contributed by atoms with E-state index in [9.17, 15) is 4.79 Å². The van der Waals surface area contributed by atoms with Gasteiger partial charge in [-0.25, -0.2) is 9.78 Å². The monoisotopic (exact) mass is 566 g/mol. The lowest BCUT2D eigenvalue weighted by atomic mass is 10.1. The molecule has 6 rings (SSSR count). The van der Waals surface area contributed by atoms with Crippen molar-refractivity contribution in [2.75, 3.05) is 12.1 Å². The van der Waals surface area contributed by atoms with E-state index >= 15 is 0 Å². The molecular weight excluding hydrogens is 530 g/mol. The third kappa shape index (κ3) is 5.44. The maximum absolute atomic E-state index is 13.8. The van der Waals surface area contributed by atoms with Crippen molar-refractivity contribution in [3.63, 3.8) is 0 Å². The summed E-state index contributed by atoms with van der Waals surface area (Å²) in [5.74, 6) is 3.00. The first kappa shape index (κ1) is 27.0. The molecule has 0 amide bonds. The molecule has 1 N–H and O–H groups in total. The van der Waals surface area contributed by atoms with Crippen molar-refractivity contribution in [1.29, 1.82) is 0 Å². The van der Waals surface area contributed by atoms with Crippen molar-refractivity contribution >= 4 is 20.0 Å². The lowest BCUT2D eigenvalue weighted by molar-refractivity contribution is -0.552. The molecule has 41 heavy (non-hydrogen) atoms. The predicted molar refractivity (Wildman–Crippen MR) is 161 cm³/mol. The first-order valence-electron chi connectivity index (χ1n) is 14.1. The first-order valence-corrected chi connectivity index (χ1v) is 17.0. The second-order valence-electron chi connectivity index (χ2n) is 12.3. The first-order chi connectivity index (χ1) is 19.6. The number of benzene rings is 3. The summed E-state index contributed by atoms with van der Waals surface area (Å²) in [6, 6.07) is 23.7. The highest BCUT2D eigenvalue weighted by Gasteiger charge is 2.42. The Morgan fingerprint density at radius 1 is 0.976 bits per heavy atom. The Morgan fingerprint density at radius 3 is 2.54 bits per heavy atom. The number of nitrogens with zero attached hydrogens (tertiary/aromatic N) is 2. The molecule has 3 heterocycles. The summed E-state index contributed by atoms with van der Waals surface area (Å²) in [5, 5.41) is 3.57. The maximum Gasteiger partial charge on any atom is 0.359 e. The van der Waals surface area contributed by atoms with Gasteiger partial charge in [-0.05, 0) is 53.5 Å². The number of carbonyl (C=O) groups excluding carboxylic acids is 1. The van der Waals surface area contributed by atoms with Crippen LogP contribution in [0, 0.1) is 0 Å². The Kier molecular flexibility index (Phi) is 6.81. The van der Waals surface area contributed by atoms with Gasteiger partial charge < -0.3 is 13.9 Å². The van der Waals surface area contributed by atoms with E-state index in [-0.39, 0.29) is 17.7 Å². The highest BCUT2D eigenvalue weighted by atomic mass is 28.4. The smallest absolute Gasteiger partial charge is 0.359 e. The topological polar surface area (TPSA) is 73.6 Å². The number of carbonyl (C=O) groups is 1. The summed E-state index contributed by atoms with van der Waals surface area (Å²) in [6.45, 7) is 11.4. The molecule has 210 valence electrons. The third-order valence-electron chi connectivity index (χ3n) is 8.27. The highest BCUT2D eigenvalue weighted by molar-refractivity contribution is 6.74. The van der Waals surface area contributed by atoms with Gasteiger partial charge in [-0.2, -0.15) is 4.57 Å². The Hall–Kier alpha value is -4.17. The number of hydrogen-bond acceptors (Lipinski definition) is 6. The quantitative estimate of drug-likeness (QED) is 0.206. The summed E-state index contributed by atoms with van der Waals surface area (Å²) in [4.78, 5) is 18.9. The minimum atomic E-state index is -2.02. The number of nitrogens with one attached hydrogen (secondary N) is 1. The Bertz CT molecular complexity index is 1620. The van der Waals surface area contributed by atoms with Crippen molar-refractivity contribution in [3.05, 3.63) is 95.8 Å². The van der Waals surface area contributed by atoms with Gasteiger partial charge in [0.2, 0.25) is 15.1 Å². The molecule has 0 spiro atoms. The van der Waals surface area contributed by atoms with Gasteiger partial charge in [0.1, 0.15) is 23.3 Å². The molecule has 1 aromatic heterocycles. The molecule has 7 nitrogen and oxygen atoms in total. The predicted octanol–water partition coefficient (Wildman–Crippen LogP) is 6.42. The molecule has 4 aromatic rings. The van der Waals surface area contributed by atoms with E-state index in [1.807, 2.05) is 66.9 Å². The Balaban J connectivity index is 1.35. The molecule has 0 saturated heterocycles. The van der Waals surface area contributed by atoms with Gasteiger partial charge in [0.25, 0.3) is 0 Å². The minimum absolute atomic E-state index is 0.00990. The lowest BCUT2D eigenvalue weighted by Gasteiger charge is -2.36. The normalized spacial score (nSPS) is 15.9. The van der Waals surface area contributed by atoms with Crippen LogP contribution in [0.25, 0.3) is 11.3 Å². The summed E-state index contributed by atoms with van der Waals surface area (Å²) >= 11 is 0. The third-order valence-corrected chi connectivity index (χ3v) is 12.6. The van der Waals surface area contributed by atoms with Gasteiger partial charge in [-0.3, -0.25) is 5.32 Å². The van der Waals surface area contributed by atoms with Gasteiger partial charge in [0.15, 0.2) is 17.5 Å². The zero-order valence-corrected chi connectivity index (χ0v) is 25.2. The van der Waals surface area contributed by atoms with Crippen molar-refractivity contribution in [2.45, 2.75) is 57.8 Å². The summed E-state index contributed by atoms with van der Waals surface area (Å²) in [6.07, 6.45) is 2.97. The number of anilines is 1.